The van der Waals surface area contributed by atoms with E-state index in [4.69, 9.17) is 5.11 Å². The Labute approximate surface area is 100 Å². The molecule has 1 saturated carbocycles. The standard InChI is InChI=1S/C13H16N2O2/c16-13(17)11-4-12(6-14-5-11)15-7-9-2-1-3-10(9)8-15/h4-6,9-10H,1-3,7-8H2,(H,16,17)/t9-,10+. The molecule has 2 heterocycles. The van der Waals surface area contributed by atoms with Crippen molar-refractivity contribution in [1.82, 2.24) is 4.98 Å². The normalized spacial score (nSPS) is 27.2. The van der Waals surface area contributed by atoms with Gasteiger partial charge in [0.05, 0.1) is 17.4 Å². The quantitative estimate of drug-likeness (QED) is 0.847. The van der Waals surface area contributed by atoms with Crippen LogP contribution in [0.15, 0.2) is 18.5 Å². The monoisotopic (exact) mass is 232 g/mol. The summed E-state index contributed by atoms with van der Waals surface area (Å²) in [5, 5.41) is 8.95. The van der Waals surface area contributed by atoms with E-state index in [1.165, 1.54) is 25.5 Å². The van der Waals surface area contributed by atoms with Gasteiger partial charge in [-0.1, -0.05) is 6.42 Å². The third-order valence-electron chi connectivity index (χ3n) is 4.06. The van der Waals surface area contributed by atoms with Crippen LogP contribution in [0.4, 0.5) is 5.69 Å². The zero-order valence-electron chi connectivity index (χ0n) is 9.67. The first kappa shape index (κ1) is 10.6. The average molecular weight is 232 g/mol. The highest BCUT2D eigenvalue weighted by Crippen LogP contribution is 2.39. The molecule has 1 aromatic rings. The van der Waals surface area contributed by atoms with Crippen LogP contribution in [0, 0.1) is 11.8 Å². The number of carboxylic acids is 1. The number of aromatic nitrogens is 1. The number of hydrogen-bond donors (Lipinski definition) is 1. The molecule has 1 aliphatic carbocycles. The number of carboxylic acid groups (broad SMARTS) is 1. The minimum absolute atomic E-state index is 0.277. The fourth-order valence-electron chi connectivity index (χ4n) is 3.16. The Hall–Kier alpha value is -1.58. The molecule has 0 amide bonds. The van der Waals surface area contributed by atoms with E-state index >= 15 is 0 Å². The fourth-order valence-corrected chi connectivity index (χ4v) is 3.16. The predicted molar refractivity (Wildman–Crippen MR) is 64.2 cm³/mol. The van der Waals surface area contributed by atoms with E-state index in [2.05, 4.69) is 9.88 Å². The lowest BCUT2D eigenvalue weighted by Crippen LogP contribution is -2.21. The molecular formula is C13H16N2O2. The van der Waals surface area contributed by atoms with Crippen LogP contribution in [-0.2, 0) is 0 Å². The van der Waals surface area contributed by atoms with Gasteiger partial charge in [0.25, 0.3) is 0 Å². The van der Waals surface area contributed by atoms with Gasteiger partial charge in [0.1, 0.15) is 0 Å². The van der Waals surface area contributed by atoms with Gasteiger partial charge >= 0.3 is 5.97 Å². The lowest BCUT2D eigenvalue weighted by atomic mass is 10.0. The fraction of sp³-hybridized carbons (Fsp3) is 0.538. The van der Waals surface area contributed by atoms with Crippen LogP contribution in [0.2, 0.25) is 0 Å². The summed E-state index contributed by atoms with van der Waals surface area (Å²) in [6.07, 6.45) is 7.19. The Morgan fingerprint density at radius 1 is 1.29 bits per heavy atom. The van der Waals surface area contributed by atoms with Crippen LogP contribution in [0.3, 0.4) is 0 Å². The first-order valence-corrected chi connectivity index (χ1v) is 6.17. The van der Waals surface area contributed by atoms with Crippen LogP contribution in [0.5, 0.6) is 0 Å². The summed E-state index contributed by atoms with van der Waals surface area (Å²) in [6, 6.07) is 1.73. The molecule has 0 bridgehead atoms. The van der Waals surface area contributed by atoms with E-state index in [1.807, 2.05) is 0 Å². The molecule has 4 heteroatoms. The van der Waals surface area contributed by atoms with Crippen molar-refractivity contribution < 1.29 is 9.90 Å². The Morgan fingerprint density at radius 3 is 2.65 bits per heavy atom. The number of anilines is 1. The van der Waals surface area contributed by atoms with Gasteiger partial charge in [0.2, 0.25) is 0 Å². The maximum Gasteiger partial charge on any atom is 0.337 e. The highest BCUT2D eigenvalue weighted by Gasteiger charge is 2.36. The average Bonchev–Trinajstić information content (AvgIpc) is 2.89. The lowest BCUT2D eigenvalue weighted by molar-refractivity contribution is 0.0696. The molecule has 3 rings (SSSR count). The number of carbonyl (C=O) groups is 1. The molecule has 0 radical (unpaired) electrons. The van der Waals surface area contributed by atoms with E-state index in [0.717, 1.165) is 30.6 Å². The van der Waals surface area contributed by atoms with Crippen LogP contribution in [0.1, 0.15) is 29.6 Å². The lowest BCUT2D eigenvalue weighted by Gasteiger charge is -2.19. The molecule has 1 aliphatic heterocycles. The summed E-state index contributed by atoms with van der Waals surface area (Å²) in [6.45, 7) is 2.13. The zero-order valence-corrected chi connectivity index (χ0v) is 9.67. The van der Waals surface area contributed by atoms with Crippen molar-refractivity contribution in [1.29, 1.82) is 0 Å². The molecule has 0 spiro atoms. The van der Waals surface area contributed by atoms with Crippen molar-refractivity contribution in [3.8, 4) is 0 Å². The van der Waals surface area contributed by atoms with Gasteiger partial charge in [-0.25, -0.2) is 4.79 Å². The van der Waals surface area contributed by atoms with Crippen molar-refractivity contribution >= 4 is 11.7 Å². The van der Waals surface area contributed by atoms with Crippen molar-refractivity contribution in [2.24, 2.45) is 11.8 Å². The SMILES string of the molecule is O=C(O)c1cncc(N2C[C@H]3CCC[C@H]3C2)c1. The molecule has 2 fully saturated rings. The van der Waals surface area contributed by atoms with Crippen molar-refractivity contribution in [2.45, 2.75) is 19.3 Å². The summed E-state index contributed by atoms with van der Waals surface area (Å²) in [5.74, 6) is 0.714. The van der Waals surface area contributed by atoms with Gasteiger partial charge < -0.3 is 10.0 Å². The molecule has 1 N–H and O–H groups in total. The van der Waals surface area contributed by atoms with E-state index in [1.54, 1.807) is 12.3 Å². The molecule has 0 aromatic carbocycles. The Bertz CT molecular complexity index is 435. The van der Waals surface area contributed by atoms with Gasteiger partial charge in [-0.15, -0.1) is 0 Å². The number of aromatic carboxylic acids is 1. The predicted octanol–water partition coefficient (Wildman–Crippen LogP) is 2.02. The third-order valence-corrected chi connectivity index (χ3v) is 4.06. The second kappa shape index (κ2) is 4.02. The summed E-state index contributed by atoms with van der Waals surface area (Å²) in [5.41, 5.74) is 1.24. The molecule has 0 unspecified atom stereocenters. The van der Waals surface area contributed by atoms with Crippen molar-refractivity contribution in [3.63, 3.8) is 0 Å². The Balaban J connectivity index is 1.81. The number of hydrogen-bond acceptors (Lipinski definition) is 3. The molecule has 1 saturated heterocycles. The van der Waals surface area contributed by atoms with E-state index < -0.39 is 5.97 Å². The van der Waals surface area contributed by atoms with Crippen molar-refractivity contribution in [3.05, 3.63) is 24.0 Å². The summed E-state index contributed by atoms with van der Waals surface area (Å²) in [7, 11) is 0. The molecular weight excluding hydrogens is 216 g/mol. The second-order valence-electron chi connectivity index (χ2n) is 5.09. The number of nitrogens with zero attached hydrogens (tertiary/aromatic N) is 2. The maximum atomic E-state index is 10.9. The van der Waals surface area contributed by atoms with Gasteiger partial charge in [-0.2, -0.15) is 0 Å². The van der Waals surface area contributed by atoms with Crippen LogP contribution >= 0.6 is 0 Å². The zero-order chi connectivity index (χ0) is 11.8. The highest BCUT2D eigenvalue weighted by molar-refractivity contribution is 5.88. The van der Waals surface area contributed by atoms with E-state index in [0.29, 0.717) is 0 Å². The van der Waals surface area contributed by atoms with E-state index in [-0.39, 0.29) is 5.56 Å². The minimum atomic E-state index is -0.904. The van der Waals surface area contributed by atoms with Crippen LogP contribution < -0.4 is 4.90 Å². The number of rotatable bonds is 2. The second-order valence-corrected chi connectivity index (χ2v) is 5.09. The first-order valence-electron chi connectivity index (χ1n) is 6.17. The smallest absolute Gasteiger partial charge is 0.337 e. The van der Waals surface area contributed by atoms with Gasteiger partial charge in [0.15, 0.2) is 0 Å². The number of fused-ring (bicyclic) bond motifs is 1. The van der Waals surface area contributed by atoms with E-state index in [9.17, 15) is 4.79 Å². The largest absolute Gasteiger partial charge is 0.478 e. The van der Waals surface area contributed by atoms with Crippen molar-refractivity contribution in [2.75, 3.05) is 18.0 Å². The Kier molecular flexibility index (Phi) is 2.50. The Morgan fingerprint density at radius 2 is 2.00 bits per heavy atom. The molecule has 2 atom stereocenters. The molecule has 2 aliphatic rings. The maximum absolute atomic E-state index is 10.9. The first-order chi connectivity index (χ1) is 8.24. The summed E-state index contributed by atoms with van der Waals surface area (Å²) in [4.78, 5) is 17.2. The van der Waals surface area contributed by atoms with Gasteiger partial charge in [0, 0.05) is 19.3 Å². The minimum Gasteiger partial charge on any atom is -0.478 e. The van der Waals surface area contributed by atoms with Crippen LogP contribution in [0.25, 0.3) is 0 Å². The highest BCUT2D eigenvalue weighted by atomic mass is 16.4. The molecule has 4 nitrogen and oxygen atoms in total. The number of pyridine rings is 1. The summed E-state index contributed by atoms with van der Waals surface area (Å²) < 4.78 is 0. The third kappa shape index (κ3) is 1.88. The topological polar surface area (TPSA) is 53.4 Å². The van der Waals surface area contributed by atoms with Crippen LogP contribution in [-0.4, -0.2) is 29.1 Å². The van der Waals surface area contributed by atoms with Gasteiger partial charge in [-0.05, 0) is 30.7 Å². The summed E-state index contributed by atoms with van der Waals surface area (Å²) >= 11 is 0. The molecule has 90 valence electrons. The van der Waals surface area contributed by atoms with Gasteiger partial charge in [-0.3, -0.25) is 4.98 Å². The molecule has 1 aromatic heterocycles. The molecule has 17 heavy (non-hydrogen) atoms.